The van der Waals surface area contributed by atoms with E-state index in [1.165, 1.54) is 6.07 Å². The molecule has 0 atom stereocenters. The Bertz CT molecular complexity index is 588. The third-order valence-electron chi connectivity index (χ3n) is 2.78. The smallest absolute Gasteiger partial charge is 0.187 e. The highest BCUT2D eigenvalue weighted by Gasteiger charge is 2.15. The Kier molecular flexibility index (Phi) is 3.48. The fourth-order valence-electron chi connectivity index (χ4n) is 1.65. The summed E-state index contributed by atoms with van der Waals surface area (Å²) in [6.07, 6.45) is -0.0388. The highest BCUT2D eigenvalue weighted by Crippen LogP contribution is 2.19. The van der Waals surface area contributed by atoms with E-state index in [1.807, 2.05) is 6.92 Å². The summed E-state index contributed by atoms with van der Waals surface area (Å²) in [7, 11) is 1.76. The Balaban J connectivity index is 2.24. The van der Waals surface area contributed by atoms with E-state index >= 15 is 0 Å². The van der Waals surface area contributed by atoms with Crippen molar-refractivity contribution in [2.24, 2.45) is 7.05 Å². The molecule has 0 unspecified atom stereocenters. The molecule has 0 aliphatic heterocycles. The van der Waals surface area contributed by atoms with E-state index < -0.39 is 5.82 Å². The Hall–Kier alpha value is -1.68. The van der Waals surface area contributed by atoms with Crippen molar-refractivity contribution in [3.05, 3.63) is 52.1 Å². The number of ketones is 1. The standard InChI is InChI=1S/C13H12ClFN2O/c1-8-6-11(16-17(8)2)12(18)7-9-4-3-5-10(14)13(9)15/h3-6H,7H2,1-2H3. The van der Waals surface area contributed by atoms with Crippen molar-refractivity contribution in [1.29, 1.82) is 0 Å². The maximum atomic E-state index is 13.7. The van der Waals surface area contributed by atoms with Crippen LogP contribution in [0.3, 0.4) is 0 Å². The fraction of sp³-hybridized carbons (Fsp3) is 0.231. The van der Waals surface area contributed by atoms with Crippen LogP contribution >= 0.6 is 11.6 Å². The molecule has 0 bridgehead atoms. The summed E-state index contributed by atoms with van der Waals surface area (Å²) in [5.41, 5.74) is 1.51. The molecule has 1 heterocycles. The molecule has 2 aromatic rings. The molecule has 0 amide bonds. The van der Waals surface area contributed by atoms with Crippen LogP contribution in [0.4, 0.5) is 4.39 Å². The molecule has 1 aromatic carbocycles. The van der Waals surface area contributed by atoms with Gasteiger partial charge in [-0.25, -0.2) is 4.39 Å². The molecule has 0 aliphatic rings. The predicted octanol–water partition coefficient (Wildman–Crippen LogP) is 2.95. The minimum Gasteiger partial charge on any atom is -0.292 e. The van der Waals surface area contributed by atoms with Crippen molar-refractivity contribution in [2.45, 2.75) is 13.3 Å². The summed E-state index contributed by atoms with van der Waals surface area (Å²) in [4.78, 5) is 12.0. The highest BCUT2D eigenvalue weighted by atomic mass is 35.5. The number of aryl methyl sites for hydroxylation is 2. The Morgan fingerprint density at radius 1 is 1.50 bits per heavy atom. The lowest BCUT2D eigenvalue weighted by atomic mass is 10.1. The largest absolute Gasteiger partial charge is 0.292 e. The average molecular weight is 267 g/mol. The maximum Gasteiger partial charge on any atom is 0.187 e. The first-order valence-electron chi connectivity index (χ1n) is 5.45. The van der Waals surface area contributed by atoms with Crippen LogP contribution in [-0.2, 0) is 13.5 Å². The third kappa shape index (κ3) is 2.43. The van der Waals surface area contributed by atoms with Crippen LogP contribution in [0.2, 0.25) is 5.02 Å². The van der Waals surface area contributed by atoms with Crippen molar-refractivity contribution in [3.8, 4) is 0 Å². The second-order valence-electron chi connectivity index (χ2n) is 4.11. The van der Waals surface area contributed by atoms with Crippen molar-refractivity contribution in [2.75, 3.05) is 0 Å². The van der Waals surface area contributed by atoms with Gasteiger partial charge in [0.15, 0.2) is 5.78 Å². The third-order valence-corrected chi connectivity index (χ3v) is 3.07. The van der Waals surface area contributed by atoms with Crippen LogP contribution in [0.15, 0.2) is 24.3 Å². The molecule has 5 heteroatoms. The van der Waals surface area contributed by atoms with Crippen LogP contribution in [0, 0.1) is 12.7 Å². The first kappa shape index (κ1) is 12.8. The van der Waals surface area contributed by atoms with Gasteiger partial charge >= 0.3 is 0 Å². The zero-order valence-electron chi connectivity index (χ0n) is 10.1. The van der Waals surface area contributed by atoms with E-state index in [2.05, 4.69) is 5.10 Å². The first-order chi connectivity index (χ1) is 8.49. The lowest BCUT2D eigenvalue weighted by molar-refractivity contribution is 0.0986. The van der Waals surface area contributed by atoms with E-state index in [-0.39, 0.29) is 22.8 Å². The number of rotatable bonds is 3. The lowest BCUT2D eigenvalue weighted by Gasteiger charge is -2.02. The predicted molar refractivity (Wildman–Crippen MR) is 67.4 cm³/mol. The van der Waals surface area contributed by atoms with Gasteiger partial charge in [-0.3, -0.25) is 9.48 Å². The van der Waals surface area contributed by atoms with Crippen molar-refractivity contribution in [3.63, 3.8) is 0 Å². The Morgan fingerprint density at radius 2 is 2.22 bits per heavy atom. The second kappa shape index (κ2) is 4.90. The van der Waals surface area contributed by atoms with E-state index in [4.69, 9.17) is 11.6 Å². The van der Waals surface area contributed by atoms with Crippen LogP contribution in [0.1, 0.15) is 21.7 Å². The Morgan fingerprint density at radius 3 is 2.83 bits per heavy atom. The summed E-state index contributed by atoms with van der Waals surface area (Å²) >= 11 is 5.67. The molecule has 0 spiro atoms. The molecular weight excluding hydrogens is 255 g/mol. The molecule has 0 saturated heterocycles. The summed E-state index contributed by atoms with van der Waals surface area (Å²) < 4.78 is 15.3. The number of hydrogen-bond donors (Lipinski definition) is 0. The van der Waals surface area contributed by atoms with Gasteiger partial charge in [0.1, 0.15) is 11.5 Å². The quantitative estimate of drug-likeness (QED) is 0.801. The van der Waals surface area contributed by atoms with Crippen molar-refractivity contribution in [1.82, 2.24) is 9.78 Å². The van der Waals surface area contributed by atoms with Gasteiger partial charge < -0.3 is 0 Å². The number of carbonyl (C=O) groups is 1. The Labute approximate surface area is 109 Å². The maximum absolute atomic E-state index is 13.7. The van der Waals surface area contributed by atoms with Gasteiger partial charge in [-0.05, 0) is 24.6 Å². The van der Waals surface area contributed by atoms with Gasteiger partial charge in [-0.15, -0.1) is 0 Å². The van der Waals surface area contributed by atoms with E-state index in [1.54, 1.807) is 29.9 Å². The van der Waals surface area contributed by atoms with Crippen LogP contribution in [0.5, 0.6) is 0 Å². The summed E-state index contributed by atoms with van der Waals surface area (Å²) in [5, 5.41) is 4.10. The summed E-state index contributed by atoms with van der Waals surface area (Å²) in [6.45, 7) is 1.85. The van der Waals surface area contributed by atoms with Gasteiger partial charge in [-0.2, -0.15) is 5.10 Å². The van der Waals surface area contributed by atoms with Gasteiger partial charge in [-0.1, -0.05) is 23.7 Å². The van der Waals surface area contributed by atoms with Crippen LogP contribution in [-0.4, -0.2) is 15.6 Å². The minimum atomic E-state index is -0.542. The number of benzene rings is 1. The van der Waals surface area contributed by atoms with Gasteiger partial charge in [0.25, 0.3) is 0 Å². The number of aromatic nitrogens is 2. The molecule has 0 aliphatic carbocycles. The molecule has 0 radical (unpaired) electrons. The number of hydrogen-bond acceptors (Lipinski definition) is 2. The van der Waals surface area contributed by atoms with Crippen molar-refractivity contribution < 1.29 is 9.18 Å². The molecule has 0 N–H and O–H groups in total. The second-order valence-corrected chi connectivity index (χ2v) is 4.51. The van der Waals surface area contributed by atoms with Gasteiger partial charge in [0.05, 0.1) is 5.02 Å². The molecule has 94 valence electrons. The summed E-state index contributed by atoms with van der Waals surface area (Å²) in [5.74, 6) is -0.764. The molecule has 1 aromatic heterocycles. The topological polar surface area (TPSA) is 34.9 Å². The molecule has 0 saturated carbocycles. The molecule has 3 nitrogen and oxygen atoms in total. The lowest BCUT2D eigenvalue weighted by Crippen LogP contribution is -2.07. The number of Topliss-reactive ketones (excluding diaryl/α,β-unsaturated/α-hetero) is 1. The minimum absolute atomic E-state index is 0.0255. The fourth-order valence-corrected chi connectivity index (χ4v) is 1.84. The first-order valence-corrected chi connectivity index (χ1v) is 5.83. The van der Waals surface area contributed by atoms with Crippen molar-refractivity contribution >= 4 is 17.4 Å². The monoisotopic (exact) mass is 266 g/mol. The molecule has 0 fully saturated rings. The highest BCUT2D eigenvalue weighted by molar-refractivity contribution is 6.30. The SMILES string of the molecule is Cc1cc(C(=O)Cc2cccc(Cl)c2F)nn1C. The van der Waals surface area contributed by atoms with Crippen LogP contribution in [0.25, 0.3) is 0 Å². The van der Waals surface area contributed by atoms with Gasteiger partial charge in [0.2, 0.25) is 0 Å². The van der Waals surface area contributed by atoms with E-state index in [0.29, 0.717) is 5.69 Å². The molecule has 18 heavy (non-hydrogen) atoms. The van der Waals surface area contributed by atoms with E-state index in [0.717, 1.165) is 5.69 Å². The summed E-state index contributed by atoms with van der Waals surface area (Å²) in [6, 6.07) is 6.31. The number of nitrogens with zero attached hydrogens (tertiary/aromatic N) is 2. The van der Waals surface area contributed by atoms with E-state index in [9.17, 15) is 9.18 Å². The number of halogens is 2. The average Bonchev–Trinajstić information content (AvgIpc) is 2.66. The zero-order valence-corrected chi connectivity index (χ0v) is 10.8. The molecular formula is C13H12ClFN2O. The molecule has 2 rings (SSSR count). The van der Waals surface area contributed by atoms with Crippen LogP contribution < -0.4 is 0 Å². The zero-order chi connectivity index (χ0) is 13.3. The normalized spacial score (nSPS) is 10.7. The number of carbonyl (C=O) groups excluding carboxylic acids is 1. The van der Waals surface area contributed by atoms with Gasteiger partial charge in [0, 0.05) is 19.2 Å².